The minimum Gasteiger partial charge on any atom is -0.490 e. The van der Waals surface area contributed by atoms with Crippen molar-refractivity contribution in [1.82, 2.24) is 9.97 Å². The van der Waals surface area contributed by atoms with Crippen LogP contribution in [-0.2, 0) is 6.18 Å². The van der Waals surface area contributed by atoms with Crippen molar-refractivity contribution in [2.24, 2.45) is 0 Å². The number of fused-ring (bicyclic) bond motifs is 1. The van der Waals surface area contributed by atoms with E-state index in [0.29, 0.717) is 30.1 Å². The van der Waals surface area contributed by atoms with Gasteiger partial charge in [-0.15, -0.1) is 0 Å². The van der Waals surface area contributed by atoms with Gasteiger partial charge in [0.1, 0.15) is 5.82 Å². The molecule has 0 amide bonds. The largest absolute Gasteiger partial charge is 0.490 e. The number of aromatic nitrogens is 2. The first-order valence-electron chi connectivity index (χ1n) is 9.33. The molecule has 0 aliphatic carbocycles. The fraction of sp³-hybridized carbons (Fsp3) is 0.333. The molecule has 1 N–H and O–H groups in total. The lowest BCUT2D eigenvalue weighted by atomic mass is 10.1. The number of ether oxygens (including phenoxy) is 2. The van der Waals surface area contributed by atoms with Crippen molar-refractivity contribution < 1.29 is 22.6 Å². The summed E-state index contributed by atoms with van der Waals surface area (Å²) < 4.78 is 50.9. The average molecular weight is 405 g/mol. The molecule has 0 bridgehead atoms. The molecule has 0 radical (unpaired) electrons. The summed E-state index contributed by atoms with van der Waals surface area (Å²) in [5.74, 6) is 0.163. The van der Waals surface area contributed by atoms with Crippen molar-refractivity contribution in [3.63, 3.8) is 0 Å². The summed E-state index contributed by atoms with van der Waals surface area (Å²) in [5, 5.41) is 3.60. The molecule has 1 atom stereocenters. The third-order valence-corrected chi connectivity index (χ3v) is 4.28. The Morgan fingerprint density at radius 3 is 2.34 bits per heavy atom. The van der Waals surface area contributed by atoms with E-state index in [1.54, 1.807) is 24.3 Å². The van der Waals surface area contributed by atoms with Gasteiger partial charge in [-0.1, -0.05) is 18.2 Å². The first kappa shape index (κ1) is 20.7. The molecule has 154 valence electrons. The molecule has 0 aliphatic rings. The summed E-state index contributed by atoms with van der Waals surface area (Å²) in [6, 6.07) is 11.7. The number of hydrogen-bond acceptors (Lipinski definition) is 5. The minimum absolute atomic E-state index is 0.127. The molecule has 1 heterocycles. The zero-order chi connectivity index (χ0) is 21.0. The molecule has 0 aliphatic heterocycles. The van der Waals surface area contributed by atoms with Gasteiger partial charge in [-0.25, -0.2) is 9.97 Å². The highest BCUT2D eigenvalue weighted by molar-refractivity contribution is 5.89. The van der Waals surface area contributed by atoms with E-state index >= 15 is 0 Å². The first-order chi connectivity index (χ1) is 13.8. The summed E-state index contributed by atoms with van der Waals surface area (Å²) in [7, 11) is 0. The average Bonchev–Trinajstić information content (AvgIpc) is 2.69. The number of anilines is 1. The summed E-state index contributed by atoms with van der Waals surface area (Å²) >= 11 is 0. The Morgan fingerprint density at radius 2 is 1.66 bits per heavy atom. The van der Waals surface area contributed by atoms with Crippen molar-refractivity contribution in [2.45, 2.75) is 33.0 Å². The van der Waals surface area contributed by atoms with Crippen LogP contribution in [0.15, 0.2) is 42.5 Å². The van der Waals surface area contributed by atoms with E-state index in [1.807, 2.05) is 32.9 Å². The quantitative estimate of drug-likeness (QED) is 0.553. The third kappa shape index (κ3) is 4.70. The van der Waals surface area contributed by atoms with Crippen LogP contribution >= 0.6 is 0 Å². The third-order valence-electron chi connectivity index (χ3n) is 4.28. The summed E-state index contributed by atoms with van der Waals surface area (Å²) in [6.45, 7) is 6.56. The zero-order valence-electron chi connectivity index (χ0n) is 16.4. The van der Waals surface area contributed by atoms with Gasteiger partial charge >= 0.3 is 6.18 Å². The van der Waals surface area contributed by atoms with Crippen LogP contribution in [0.5, 0.6) is 11.5 Å². The number of alkyl halides is 3. The number of rotatable bonds is 7. The highest BCUT2D eigenvalue weighted by Gasteiger charge is 2.35. The van der Waals surface area contributed by atoms with Crippen LogP contribution in [0.2, 0.25) is 0 Å². The van der Waals surface area contributed by atoms with Crippen LogP contribution in [0.3, 0.4) is 0 Å². The van der Waals surface area contributed by atoms with Gasteiger partial charge in [0.05, 0.1) is 24.8 Å². The molecular weight excluding hydrogens is 383 g/mol. The highest BCUT2D eigenvalue weighted by Crippen LogP contribution is 2.34. The Kier molecular flexibility index (Phi) is 6.10. The molecule has 29 heavy (non-hydrogen) atoms. The number of nitrogens with one attached hydrogen (secondary N) is 1. The molecule has 3 aromatic rings. The standard InChI is InChI=1S/C21H22F3N3O2/c1-4-28-17-11-10-14(12-18(17)29-5-2)13(3)25-19-15-8-6-7-9-16(15)26-20(27-19)21(22,23)24/h6-13H,4-5H2,1-3H3,(H,25,26,27). The van der Waals surface area contributed by atoms with Gasteiger partial charge in [-0.2, -0.15) is 13.2 Å². The smallest absolute Gasteiger partial charge is 0.451 e. The lowest BCUT2D eigenvalue weighted by molar-refractivity contribution is -0.144. The van der Waals surface area contributed by atoms with Crippen LogP contribution in [0.4, 0.5) is 19.0 Å². The molecule has 0 spiro atoms. The second-order valence-corrected chi connectivity index (χ2v) is 6.35. The van der Waals surface area contributed by atoms with E-state index < -0.39 is 12.0 Å². The number of halogens is 3. The van der Waals surface area contributed by atoms with Gasteiger partial charge in [-0.05, 0) is 50.6 Å². The maximum atomic E-state index is 13.2. The molecule has 1 aromatic heterocycles. The molecule has 1 unspecified atom stereocenters. The number of nitrogens with zero attached hydrogens (tertiary/aromatic N) is 2. The Morgan fingerprint density at radius 1 is 0.966 bits per heavy atom. The number of benzene rings is 2. The predicted molar refractivity (Wildman–Crippen MR) is 105 cm³/mol. The molecular formula is C21H22F3N3O2. The lowest BCUT2D eigenvalue weighted by Crippen LogP contribution is -2.15. The van der Waals surface area contributed by atoms with E-state index in [1.165, 1.54) is 6.07 Å². The highest BCUT2D eigenvalue weighted by atomic mass is 19.4. The monoisotopic (exact) mass is 405 g/mol. The summed E-state index contributed by atoms with van der Waals surface area (Å²) in [5.41, 5.74) is 1.05. The molecule has 0 saturated heterocycles. The summed E-state index contributed by atoms with van der Waals surface area (Å²) in [6.07, 6.45) is -4.63. The second kappa shape index (κ2) is 8.55. The van der Waals surface area contributed by atoms with Crippen LogP contribution < -0.4 is 14.8 Å². The molecule has 2 aromatic carbocycles. The molecule has 3 rings (SSSR count). The van der Waals surface area contributed by atoms with Crippen LogP contribution in [-0.4, -0.2) is 23.2 Å². The van der Waals surface area contributed by atoms with Gasteiger partial charge in [0.25, 0.3) is 0 Å². The van der Waals surface area contributed by atoms with Crippen LogP contribution in [0.25, 0.3) is 10.9 Å². The van der Waals surface area contributed by atoms with Crippen LogP contribution in [0.1, 0.15) is 38.2 Å². The van der Waals surface area contributed by atoms with E-state index in [9.17, 15) is 13.2 Å². The first-order valence-corrected chi connectivity index (χ1v) is 9.33. The van der Waals surface area contributed by atoms with E-state index in [2.05, 4.69) is 15.3 Å². The Labute approximate surface area is 166 Å². The predicted octanol–water partition coefficient (Wildman–Crippen LogP) is 5.62. The van der Waals surface area contributed by atoms with E-state index in [0.717, 1.165) is 5.56 Å². The van der Waals surface area contributed by atoms with Crippen LogP contribution in [0, 0.1) is 0 Å². The van der Waals surface area contributed by atoms with E-state index in [4.69, 9.17) is 9.47 Å². The van der Waals surface area contributed by atoms with Gasteiger partial charge < -0.3 is 14.8 Å². The Hall–Kier alpha value is -3.03. The fourth-order valence-electron chi connectivity index (χ4n) is 2.94. The molecule has 0 saturated carbocycles. The molecule has 5 nitrogen and oxygen atoms in total. The zero-order valence-corrected chi connectivity index (χ0v) is 16.4. The van der Waals surface area contributed by atoms with Crippen molar-refractivity contribution in [3.8, 4) is 11.5 Å². The van der Waals surface area contributed by atoms with Gasteiger partial charge in [0.2, 0.25) is 5.82 Å². The van der Waals surface area contributed by atoms with Gasteiger partial charge in [0.15, 0.2) is 11.5 Å². The van der Waals surface area contributed by atoms with Gasteiger partial charge in [0, 0.05) is 5.39 Å². The van der Waals surface area contributed by atoms with Crippen molar-refractivity contribution in [1.29, 1.82) is 0 Å². The maximum absolute atomic E-state index is 13.2. The minimum atomic E-state index is -4.63. The Balaban J connectivity index is 1.97. The fourth-order valence-corrected chi connectivity index (χ4v) is 2.94. The maximum Gasteiger partial charge on any atom is 0.451 e. The van der Waals surface area contributed by atoms with Crippen molar-refractivity contribution >= 4 is 16.7 Å². The van der Waals surface area contributed by atoms with E-state index in [-0.39, 0.29) is 17.4 Å². The van der Waals surface area contributed by atoms with Gasteiger partial charge in [-0.3, -0.25) is 0 Å². The summed E-state index contributed by atoms with van der Waals surface area (Å²) in [4.78, 5) is 7.39. The lowest BCUT2D eigenvalue weighted by Gasteiger charge is -2.19. The number of para-hydroxylation sites is 1. The number of hydrogen-bond donors (Lipinski definition) is 1. The van der Waals surface area contributed by atoms with Crippen molar-refractivity contribution in [3.05, 3.63) is 53.9 Å². The topological polar surface area (TPSA) is 56.3 Å². The van der Waals surface area contributed by atoms with Crippen molar-refractivity contribution in [2.75, 3.05) is 18.5 Å². The second-order valence-electron chi connectivity index (χ2n) is 6.35. The molecule has 0 fully saturated rings. The normalized spacial score (nSPS) is 12.6. The SMILES string of the molecule is CCOc1ccc(C(C)Nc2nc(C(F)(F)F)nc3ccccc23)cc1OCC. The molecule has 8 heteroatoms. The Bertz CT molecular complexity index is 993.